The molecule has 0 heterocycles. The van der Waals surface area contributed by atoms with Crippen LogP contribution in [0.15, 0.2) is 71.6 Å². The summed E-state index contributed by atoms with van der Waals surface area (Å²) in [4.78, 5) is 11.7. The van der Waals surface area contributed by atoms with E-state index in [2.05, 4.69) is 4.72 Å². The molecule has 6 nitrogen and oxygen atoms in total. The van der Waals surface area contributed by atoms with Gasteiger partial charge in [0.2, 0.25) is 0 Å². The summed E-state index contributed by atoms with van der Waals surface area (Å²) < 4.78 is 38.2. The minimum absolute atomic E-state index is 0.133. The molecule has 0 aliphatic heterocycles. The van der Waals surface area contributed by atoms with E-state index < -0.39 is 16.0 Å². The Labute approximate surface area is 169 Å². The highest BCUT2D eigenvalue weighted by Gasteiger charge is 2.16. The molecule has 0 fully saturated rings. The van der Waals surface area contributed by atoms with E-state index in [-0.39, 0.29) is 4.90 Å². The van der Waals surface area contributed by atoms with Crippen molar-refractivity contribution in [3.8, 4) is 5.75 Å². The number of ether oxygens (including phenoxy) is 2. The van der Waals surface area contributed by atoms with Gasteiger partial charge < -0.3 is 9.47 Å². The zero-order valence-electron chi connectivity index (χ0n) is 16.1. The van der Waals surface area contributed by atoms with E-state index >= 15 is 0 Å². The third-order valence-corrected chi connectivity index (χ3v) is 5.64. The molecule has 0 amide bonds. The van der Waals surface area contributed by atoms with Crippen molar-refractivity contribution in [3.05, 3.63) is 72.3 Å². The number of anilines is 1. The summed E-state index contributed by atoms with van der Waals surface area (Å²) in [5.74, 6) is 0.146. The van der Waals surface area contributed by atoms with Crippen molar-refractivity contribution in [1.82, 2.24) is 0 Å². The molecule has 3 aromatic carbocycles. The number of hydrogen-bond acceptors (Lipinski definition) is 5. The second kappa shape index (κ2) is 8.79. The lowest BCUT2D eigenvalue weighted by atomic mass is 10.0. The fourth-order valence-electron chi connectivity index (χ4n) is 2.86. The van der Waals surface area contributed by atoms with Crippen LogP contribution in [-0.2, 0) is 19.6 Å². The number of carbonyl (C=O) groups is 1. The number of fused-ring (bicyclic) bond motifs is 1. The van der Waals surface area contributed by atoms with E-state index in [1.807, 2.05) is 24.3 Å². The van der Waals surface area contributed by atoms with Gasteiger partial charge in [0.05, 0.1) is 24.3 Å². The predicted octanol–water partition coefficient (Wildman–Crippen LogP) is 4.23. The van der Waals surface area contributed by atoms with Crippen molar-refractivity contribution in [1.29, 1.82) is 0 Å². The van der Waals surface area contributed by atoms with Crippen LogP contribution in [0.2, 0.25) is 0 Å². The maximum Gasteiger partial charge on any atom is 0.330 e. The molecule has 29 heavy (non-hydrogen) atoms. The molecule has 0 saturated carbocycles. The van der Waals surface area contributed by atoms with Gasteiger partial charge in [0.25, 0.3) is 10.0 Å². The van der Waals surface area contributed by atoms with E-state index in [1.165, 1.54) is 25.3 Å². The Hall–Kier alpha value is -3.32. The van der Waals surface area contributed by atoms with Gasteiger partial charge in [-0.15, -0.1) is 0 Å². The summed E-state index contributed by atoms with van der Waals surface area (Å²) in [6, 6.07) is 17.0. The minimum atomic E-state index is -3.77. The summed E-state index contributed by atoms with van der Waals surface area (Å²) in [6.07, 6.45) is 3.01. The molecular weight excluding hydrogens is 390 g/mol. The van der Waals surface area contributed by atoms with Crippen LogP contribution in [-0.4, -0.2) is 28.1 Å². The Morgan fingerprint density at radius 2 is 1.69 bits per heavy atom. The average molecular weight is 411 g/mol. The molecule has 0 aromatic heterocycles. The number of nitrogens with one attached hydrogen (secondary N) is 1. The highest BCUT2D eigenvalue weighted by atomic mass is 32.2. The highest BCUT2D eigenvalue weighted by molar-refractivity contribution is 7.92. The standard InChI is InChI=1S/C22H21NO5S/c1-3-28-22(24)15-9-16-8-14-21(20-7-5-4-6-19(16)20)23-29(25,26)18-12-10-17(27-2)11-13-18/h4-15,23H,3H2,1-2H3/b15-9+. The number of rotatable bonds is 7. The number of methoxy groups -OCH3 is 1. The van der Waals surface area contributed by atoms with Crippen LogP contribution in [0.3, 0.4) is 0 Å². The maximum absolute atomic E-state index is 12.8. The average Bonchev–Trinajstić information content (AvgIpc) is 2.73. The van der Waals surface area contributed by atoms with Gasteiger partial charge in [-0.25, -0.2) is 13.2 Å². The first kappa shape index (κ1) is 20.4. The minimum Gasteiger partial charge on any atom is -0.497 e. The Morgan fingerprint density at radius 1 is 1.00 bits per heavy atom. The van der Waals surface area contributed by atoms with E-state index in [0.29, 0.717) is 18.0 Å². The van der Waals surface area contributed by atoms with Crippen LogP contribution in [0.4, 0.5) is 5.69 Å². The van der Waals surface area contributed by atoms with Gasteiger partial charge >= 0.3 is 5.97 Å². The monoisotopic (exact) mass is 411 g/mol. The molecule has 7 heteroatoms. The third-order valence-electron chi connectivity index (χ3n) is 4.26. The molecule has 150 valence electrons. The van der Waals surface area contributed by atoms with Crippen LogP contribution in [0.25, 0.3) is 16.8 Å². The molecule has 0 spiro atoms. The molecule has 0 saturated heterocycles. The summed E-state index contributed by atoms with van der Waals surface area (Å²) >= 11 is 0. The van der Waals surface area contributed by atoms with Gasteiger partial charge in [0.1, 0.15) is 5.75 Å². The molecule has 1 N–H and O–H groups in total. The van der Waals surface area contributed by atoms with E-state index in [1.54, 1.807) is 37.3 Å². The Balaban J connectivity index is 1.96. The number of benzene rings is 3. The van der Waals surface area contributed by atoms with Crippen LogP contribution in [0, 0.1) is 0 Å². The second-order valence-corrected chi connectivity index (χ2v) is 7.80. The van der Waals surface area contributed by atoms with Gasteiger partial charge in [0.15, 0.2) is 0 Å². The van der Waals surface area contributed by atoms with Crippen molar-refractivity contribution in [2.24, 2.45) is 0 Å². The van der Waals surface area contributed by atoms with E-state index in [4.69, 9.17) is 9.47 Å². The van der Waals surface area contributed by atoms with Crippen molar-refractivity contribution >= 4 is 38.5 Å². The molecule has 0 aliphatic carbocycles. The zero-order valence-corrected chi connectivity index (χ0v) is 16.9. The van der Waals surface area contributed by atoms with E-state index in [0.717, 1.165) is 16.3 Å². The smallest absolute Gasteiger partial charge is 0.330 e. The van der Waals surface area contributed by atoms with E-state index in [9.17, 15) is 13.2 Å². The third kappa shape index (κ3) is 4.75. The molecule has 3 rings (SSSR count). The fourth-order valence-corrected chi connectivity index (χ4v) is 3.94. The first-order valence-electron chi connectivity index (χ1n) is 8.98. The molecular formula is C22H21NO5S. The second-order valence-electron chi connectivity index (χ2n) is 6.11. The normalized spacial score (nSPS) is 11.5. The summed E-state index contributed by atoms with van der Waals surface area (Å²) in [5.41, 5.74) is 1.23. The summed E-state index contributed by atoms with van der Waals surface area (Å²) in [6.45, 7) is 2.04. The molecule has 3 aromatic rings. The van der Waals surface area contributed by atoms with Gasteiger partial charge in [-0.2, -0.15) is 0 Å². The molecule has 0 unspecified atom stereocenters. The first-order chi connectivity index (χ1) is 13.9. The van der Waals surface area contributed by atoms with Crippen molar-refractivity contribution in [2.75, 3.05) is 18.4 Å². The molecule has 0 atom stereocenters. The van der Waals surface area contributed by atoms with Crippen molar-refractivity contribution < 1.29 is 22.7 Å². The summed E-state index contributed by atoms with van der Waals surface area (Å²) in [7, 11) is -2.25. The number of carbonyl (C=O) groups excluding carboxylic acids is 1. The largest absolute Gasteiger partial charge is 0.497 e. The SMILES string of the molecule is CCOC(=O)/C=C/c1ccc(NS(=O)(=O)c2ccc(OC)cc2)c2ccccc12. The van der Waals surface area contributed by atoms with Crippen molar-refractivity contribution in [3.63, 3.8) is 0 Å². The highest BCUT2D eigenvalue weighted by Crippen LogP contribution is 2.29. The van der Waals surface area contributed by atoms with Crippen LogP contribution in [0.1, 0.15) is 12.5 Å². The van der Waals surface area contributed by atoms with Gasteiger partial charge in [0, 0.05) is 11.5 Å². The summed E-state index contributed by atoms with van der Waals surface area (Å²) in [5, 5.41) is 1.53. The van der Waals surface area contributed by atoms with Gasteiger partial charge in [-0.05, 0) is 54.3 Å². The number of hydrogen-bond donors (Lipinski definition) is 1. The van der Waals surface area contributed by atoms with Gasteiger partial charge in [-0.3, -0.25) is 4.72 Å². The van der Waals surface area contributed by atoms with Crippen LogP contribution >= 0.6 is 0 Å². The molecule has 0 aliphatic rings. The predicted molar refractivity (Wildman–Crippen MR) is 113 cm³/mol. The topological polar surface area (TPSA) is 81.7 Å². The van der Waals surface area contributed by atoms with Crippen LogP contribution < -0.4 is 9.46 Å². The number of sulfonamides is 1. The maximum atomic E-state index is 12.8. The van der Waals surface area contributed by atoms with Crippen LogP contribution in [0.5, 0.6) is 5.75 Å². The molecule has 0 radical (unpaired) electrons. The quantitative estimate of drug-likeness (QED) is 0.465. The Morgan fingerprint density at radius 3 is 2.34 bits per heavy atom. The Bertz CT molecular complexity index is 1150. The molecule has 0 bridgehead atoms. The fraction of sp³-hybridized carbons (Fsp3) is 0.136. The lowest BCUT2D eigenvalue weighted by Gasteiger charge is -2.13. The van der Waals surface area contributed by atoms with Gasteiger partial charge in [-0.1, -0.05) is 30.3 Å². The lowest BCUT2D eigenvalue weighted by molar-refractivity contribution is -0.137. The van der Waals surface area contributed by atoms with Crippen molar-refractivity contribution in [2.45, 2.75) is 11.8 Å². The Kier molecular flexibility index (Phi) is 6.19. The lowest BCUT2D eigenvalue weighted by Crippen LogP contribution is -2.13. The first-order valence-corrected chi connectivity index (χ1v) is 10.5. The number of esters is 1. The zero-order chi connectivity index (χ0) is 20.9.